The van der Waals surface area contributed by atoms with Crippen molar-refractivity contribution >= 4 is 39.8 Å². The van der Waals surface area contributed by atoms with E-state index < -0.39 is 0 Å². The molecule has 92 valence electrons. The highest BCUT2D eigenvalue weighted by molar-refractivity contribution is 7.09. The molecule has 0 saturated carbocycles. The van der Waals surface area contributed by atoms with Crippen molar-refractivity contribution in [2.75, 3.05) is 11.9 Å². The van der Waals surface area contributed by atoms with E-state index in [1.165, 1.54) is 4.88 Å². The zero-order valence-corrected chi connectivity index (χ0v) is 10.9. The average Bonchev–Trinajstić information content (AvgIpc) is 2.98. The van der Waals surface area contributed by atoms with Gasteiger partial charge >= 0.3 is 0 Å². The zero-order chi connectivity index (χ0) is 12.4. The highest BCUT2D eigenvalue weighted by atomic mass is 35.5. The largest absolute Gasteiger partial charge is 0.369 e. The molecular weight excluding hydrogens is 270 g/mol. The number of anilines is 1. The smallest absolute Gasteiger partial charge is 0.226 e. The highest BCUT2D eigenvalue weighted by Crippen LogP contribution is 2.20. The summed E-state index contributed by atoms with van der Waals surface area (Å²) >= 11 is 7.60. The molecule has 2 N–H and O–H groups in total. The summed E-state index contributed by atoms with van der Waals surface area (Å²) in [5.74, 6) is 0.718. The van der Waals surface area contributed by atoms with Crippen molar-refractivity contribution in [1.82, 2.24) is 20.2 Å². The highest BCUT2D eigenvalue weighted by Gasteiger charge is 2.07. The Bertz CT molecular complexity index is 649. The molecular formula is C11H10ClN5S. The topological polar surface area (TPSA) is 66.5 Å². The Labute approximate surface area is 112 Å². The fourth-order valence-corrected chi connectivity index (χ4v) is 2.58. The van der Waals surface area contributed by atoms with Gasteiger partial charge in [-0.3, -0.25) is 5.10 Å². The zero-order valence-electron chi connectivity index (χ0n) is 9.35. The van der Waals surface area contributed by atoms with E-state index in [1.807, 2.05) is 0 Å². The first-order valence-electron chi connectivity index (χ1n) is 5.46. The molecule has 3 aromatic rings. The number of thiophene rings is 1. The predicted molar refractivity (Wildman–Crippen MR) is 73.2 cm³/mol. The molecule has 0 aliphatic carbocycles. The Kier molecular flexibility index (Phi) is 3.12. The number of nitrogens with one attached hydrogen (secondary N) is 2. The van der Waals surface area contributed by atoms with E-state index in [4.69, 9.17) is 11.6 Å². The third-order valence-corrected chi connectivity index (χ3v) is 3.63. The van der Waals surface area contributed by atoms with Gasteiger partial charge in [0.2, 0.25) is 5.28 Å². The van der Waals surface area contributed by atoms with Gasteiger partial charge in [-0.25, -0.2) is 0 Å². The van der Waals surface area contributed by atoms with E-state index in [9.17, 15) is 0 Å². The summed E-state index contributed by atoms with van der Waals surface area (Å²) in [6.45, 7) is 0.800. The first kappa shape index (κ1) is 11.4. The maximum atomic E-state index is 5.85. The number of aromatic nitrogens is 4. The summed E-state index contributed by atoms with van der Waals surface area (Å²) in [6.07, 6.45) is 2.65. The minimum Gasteiger partial charge on any atom is -0.369 e. The standard InChI is InChI=1S/C11H10ClN5S/c12-11-15-9(8-6-14-17-10(8)16-11)13-4-3-7-2-1-5-18-7/h1-2,5-6H,3-4H2,(H2,13,14,15,16,17). The van der Waals surface area contributed by atoms with Crippen LogP contribution in [0.25, 0.3) is 11.0 Å². The molecule has 0 aliphatic rings. The number of nitrogens with zero attached hydrogens (tertiary/aromatic N) is 3. The lowest BCUT2D eigenvalue weighted by Gasteiger charge is -2.05. The van der Waals surface area contributed by atoms with Gasteiger partial charge in [-0.2, -0.15) is 15.1 Å². The third-order valence-electron chi connectivity index (χ3n) is 2.53. The predicted octanol–water partition coefficient (Wildman–Crippen LogP) is 2.72. The normalized spacial score (nSPS) is 10.9. The quantitative estimate of drug-likeness (QED) is 0.721. The third kappa shape index (κ3) is 2.30. The fourth-order valence-electron chi connectivity index (χ4n) is 1.70. The minimum atomic E-state index is 0.213. The molecule has 3 aromatic heterocycles. The molecule has 0 saturated heterocycles. The van der Waals surface area contributed by atoms with Crippen LogP contribution in [0.3, 0.4) is 0 Å². The van der Waals surface area contributed by atoms with Crippen molar-refractivity contribution in [3.05, 3.63) is 33.9 Å². The number of hydrogen-bond donors (Lipinski definition) is 2. The molecule has 0 fully saturated rings. The van der Waals surface area contributed by atoms with Gasteiger partial charge < -0.3 is 5.32 Å². The van der Waals surface area contributed by atoms with Crippen LogP contribution >= 0.6 is 22.9 Å². The maximum absolute atomic E-state index is 5.85. The van der Waals surface area contributed by atoms with Gasteiger partial charge in [0.05, 0.1) is 11.6 Å². The summed E-state index contributed by atoms with van der Waals surface area (Å²) in [5, 5.41) is 13.1. The first-order chi connectivity index (χ1) is 8.83. The Balaban J connectivity index is 1.75. The van der Waals surface area contributed by atoms with E-state index in [2.05, 4.69) is 43.0 Å². The second-order valence-corrected chi connectivity index (χ2v) is 5.10. The molecule has 0 amide bonds. The monoisotopic (exact) mass is 279 g/mol. The average molecular weight is 280 g/mol. The van der Waals surface area contributed by atoms with Crippen molar-refractivity contribution in [3.8, 4) is 0 Å². The van der Waals surface area contributed by atoms with E-state index in [1.54, 1.807) is 17.5 Å². The molecule has 5 nitrogen and oxygen atoms in total. The number of aromatic amines is 1. The molecule has 0 bridgehead atoms. The van der Waals surface area contributed by atoms with Gasteiger partial charge in [0.15, 0.2) is 5.65 Å². The van der Waals surface area contributed by atoms with Crippen molar-refractivity contribution in [2.24, 2.45) is 0 Å². The van der Waals surface area contributed by atoms with Crippen LogP contribution in [0.2, 0.25) is 5.28 Å². The summed E-state index contributed by atoms with van der Waals surface area (Å²) in [4.78, 5) is 9.57. The second kappa shape index (κ2) is 4.91. The lowest BCUT2D eigenvalue weighted by molar-refractivity contribution is 1.03. The van der Waals surface area contributed by atoms with Gasteiger partial charge in [-0.1, -0.05) is 6.07 Å². The minimum absolute atomic E-state index is 0.213. The van der Waals surface area contributed by atoms with Crippen molar-refractivity contribution in [1.29, 1.82) is 0 Å². The molecule has 3 heterocycles. The molecule has 18 heavy (non-hydrogen) atoms. The maximum Gasteiger partial charge on any atom is 0.226 e. The lowest BCUT2D eigenvalue weighted by atomic mass is 10.3. The lowest BCUT2D eigenvalue weighted by Crippen LogP contribution is -2.06. The Morgan fingerprint density at radius 3 is 3.17 bits per heavy atom. The molecule has 0 unspecified atom stereocenters. The molecule has 3 rings (SSSR count). The van der Waals surface area contributed by atoms with Crippen LogP contribution in [0.1, 0.15) is 4.88 Å². The van der Waals surface area contributed by atoms with E-state index in [0.717, 1.165) is 24.2 Å². The summed E-state index contributed by atoms with van der Waals surface area (Å²) in [5.41, 5.74) is 0.647. The molecule has 0 spiro atoms. The molecule has 0 radical (unpaired) electrons. The Morgan fingerprint density at radius 1 is 1.39 bits per heavy atom. The Morgan fingerprint density at radius 2 is 2.33 bits per heavy atom. The van der Waals surface area contributed by atoms with Crippen LogP contribution in [-0.2, 0) is 6.42 Å². The number of hydrogen-bond acceptors (Lipinski definition) is 5. The number of rotatable bonds is 4. The second-order valence-electron chi connectivity index (χ2n) is 3.73. The molecule has 0 aliphatic heterocycles. The van der Waals surface area contributed by atoms with Gasteiger partial charge in [0.1, 0.15) is 5.82 Å². The molecule has 0 aromatic carbocycles. The van der Waals surface area contributed by atoms with Crippen LogP contribution in [0, 0.1) is 0 Å². The summed E-state index contributed by atoms with van der Waals surface area (Å²) < 4.78 is 0. The van der Waals surface area contributed by atoms with E-state index >= 15 is 0 Å². The Hall–Kier alpha value is -1.66. The van der Waals surface area contributed by atoms with Crippen molar-refractivity contribution in [3.63, 3.8) is 0 Å². The van der Waals surface area contributed by atoms with Gasteiger partial charge in [-0.15, -0.1) is 11.3 Å². The molecule has 0 atom stereocenters. The first-order valence-corrected chi connectivity index (χ1v) is 6.71. The van der Waals surface area contributed by atoms with Gasteiger partial charge in [0.25, 0.3) is 0 Å². The van der Waals surface area contributed by atoms with Crippen molar-refractivity contribution in [2.45, 2.75) is 6.42 Å². The van der Waals surface area contributed by atoms with Crippen LogP contribution in [0.5, 0.6) is 0 Å². The fraction of sp³-hybridized carbons (Fsp3) is 0.182. The van der Waals surface area contributed by atoms with Gasteiger partial charge in [-0.05, 0) is 29.5 Å². The summed E-state index contributed by atoms with van der Waals surface area (Å²) in [6, 6.07) is 4.17. The van der Waals surface area contributed by atoms with E-state index in [0.29, 0.717) is 5.65 Å². The van der Waals surface area contributed by atoms with Crippen LogP contribution < -0.4 is 5.32 Å². The number of H-pyrrole nitrogens is 1. The van der Waals surface area contributed by atoms with Crippen LogP contribution in [0.4, 0.5) is 5.82 Å². The SMILES string of the molecule is Clc1nc(NCCc2cccs2)c2cn[nH]c2n1. The van der Waals surface area contributed by atoms with Crippen molar-refractivity contribution < 1.29 is 0 Å². The molecule has 7 heteroatoms. The van der Waals surface area contributed by atoms with Crippen LogP contribution in [0.15, 0.2) is 23.7 Å². The number of fused-ring (bicyclic) bond motifs is 1. The van der Waals surface area contributed by atoms with Gasteiger partial charge in [0, 0.05) is 11.4 Å². The summed E-state index contributed by atoms with van der Waals surface area (Å²) in [7, 11) is 0. The van der Waals surface area contributed by atoms with E-state index in [-0.39, 0.29) is 5.28 Å². The van der Waals surface area contributed by atoms with Crippen LogP contribution in [-0.4, -0.2) is 26.7 Å². The number of halogens is 1.